The molecule has 26 heavy (non-hydrogen) atoms. The SMILES string of the molecule is C=CCOc1c(I)cc(/C=C(\C#N)C(=O)NCc2ccccc2)cc1I. The molecule has 0 aliphatic carbocycles. The van der Waals surface area contributed by atoms with E-state index in [1.165, 1.54) is 0 Å². The number of halogens is 2. The standard InChI is InChI=1S/C20H16I2N2O2/c1-2-8-26-19-17(21)10-15(11-18(19)22)9-16(12-23)20(25)24-13-14-6-4-3-5-7-14/h2-7,9-11H,1,8,13H2,(H,24,25)/b16-9+. The van der Waals surface area contributed by atoms with E-state index in [-0.39, 0.29) is 5.57 Å². The Morgan fingerprint density at radius 2 is 1.88 bits per heavy atom. The first-order chi connectivity index (χ1) is 12.5. The number of nitriles is 1. The van der Waals surface area contributed by atoms with Crippen molar-refractivity contribution in [1.29, 1.82) is 5.26 Å². The number of ether oxygens (including phenoxy) is 1. The number of nitrogens with zero attached hydrogens (tertiary/aromatic N) is 1. The highest BCUT2D eigenvalue weighted by Crippen LogP contribution is 2.29. The lowest BCUT2D eigenvalue weighted by atomic mass is 10.1. The van der Waals surface area contributed by atoms with E-state index in [2.05, 4.69) is 57.1 Å². The number of hydrogen-bond acceptors (Lipinski definition) is 3. The summed E-state index contributed by atoms with van der Waals surface area (Å²) in [7, 11) is 0. The summed E-state index contributed by atoms with van der Waals surface area (Å²) >= 11 is 4.35. The van der Waals surface area contributed by atoms with Crippen LogP contribution in [0.15, 0.2) is 60.7 Å². The van der Waals surface area contributed by atoms with Crippen LogP contribution in [0.5, 0.6) is 5.75 Å². The molecule has 0 saturated heterocycles. The van der Waals surface area contributed by atoms with Gasteiger partial charge in [-0.2, -0.15) is 5.26 Å². The molecule has 0 aromatic heterocycles. The van der Waals surface area contributed by atoms with Gasteiger partial charge in [0, 0.05) is 6.54 Å². The third kappa shape index (κ3) is 5.85. The van der Waals surface area contributed by atoms with Crippen LogP contribution in [0.3, 0.4) is 0 Å². The Labute approximate surface area is 180 Å². The van der Waals surface area contributed by atoms with Gasteiger partial charge < -0.3 is 10.1 Å². The quantitative estimate of drug-likeness (QED) is 0.228. The van der Waals surface area contributed by atoms with Gasteiger partial charge in [-0.15, -0.1) is 0 Å². The average Bonchev–Trinajstić information content (AvgIpc) is 2.64. The summed E-state index contributed by atoms with van der Waals surface area (Å²) in [6, 6.07) is 15.3. The molecule has 0 radical (unpaired) electrons. The highest BCUT2D eigenvalue weighted by atomic mass is 127. The third-order valence-corrected chi connectivity index (χ3v) is 4.94. The Kier molecular flexibility index (Phi) is 8.12. The van der Waals surface area contributed by atoms with E-state index in [1.807, 2.05) is 48.5 Å². The monoisotopic (exact) mass is 570 g/mol. The van der Waals surface area contributed by atoms with Crippen molar-refractivity contribution in [2.45, 2.75) is 6.54 Å². The number of carbonyl (C=O) groups excluding carboxylic acids is 1. The molecule has 6 heteroatoms. The second-order valence-corrected chi connectivity index (χ2v) is 7.58. The van der Waals surface area contributed by atoms with E-state index in [0.717, 1.165) is 24.0 Å². The topological polar surface area (TPSA) is 62.1 Å². The highest BCUT2D eigenvalue weighted by Gasteiger charge is 2.12. The first-order valence-corrected chi connectivity index (χ1v) is 9.87. The molecule has 1 amide bonds. The molecule has 0 saturated carbocycles. The predicted octanol–water partition coefficient (Wildman–Crippen LogP) is 4.68. The normalized spacial score (nSPS) is 10.7. The molecule has 0 unspecified atom stereocenters. The Bertz CT molecular complexity index is 848. The first kappa shape index (κ1) is 20.5. The van der Waals surface area contributed by atoms with Gasteiger partial charge in [0.2, 0.25) is 0 Å². The molecule has 4 nitrogen and oxygen atoms in total. The van der Waals surface area contributed by atoms with Crippen LogP contribution in [-0.4, -0.2) is 12.5 Å². The summed E-state index contributed by atoms with van der Waals surface area (Å²) < 4.78 is 7.45. The van der Waals surface area contributed by atoms with Crippen LogP contribution in [0.4, 0.5) is 0 Å². The molecular weight excluding hydrogens is 554 g/mol. The Morgan fingerprint density at radius 3 is 2.46 bits per heavy atom. The smallest absolute Gasteiger partial charge is 0.262 e. The van der Waals surface area contributed by atoms with Crippen LogP contribution in [0.25, 0.3) is 6.08 Å². The number of amides is 1. The van der Waals surface area contributed by atoms with Crippen molar-refractivity contribution >= 4 is 57.2 Å². The summed E-state index contributed by atoms with van der Waals surface area (Å²) in [6.45, 7) is 4.44. The Hall–Kier alpha value is -1.86. The largest absolute Gasteiger partial charge is 0.487 e. The molecule has 0 aliphatic rings. The zero-order valence-electron chi connectivity index (χ0n) is 13.8. The molecule has 0 aliphatic heterocycles. The van der Waals surface area contributed by atoms with Crippen molar-refractivity contribution in [3.05, 3.63) is 79.0 Å². The van der Waals surface area contributed by atoms with Gasteiger partial charge in [-0.05, 0) is 74.5 Å². The van der Waals surface area contributed by atoms with Gasteiger partial charge in [0.05, 0.1) is 7.14 Å². The van der Waals surface area contributed by atoms with Crippen LogP contribution >= 0.6 is 45.2 Å². The van der Waals surface area contributed by atoms with Crippen molar-refractivity contribution in [3.8, 4) is 11.8 Å². The van der Waals surface area contributed by atoms with E-state index in [1.54, 1.807) is 12.2 Å². The molecule has 132 valence electrons. The lowest BCUT2D eigenvalue weighted by Crippen LogP contribution is -2.23. The lowest BCUT2D eigenvalue weighted by molar-refractivity contribution is -0.117. The van der Waals surface area contributed by atoms with Crippen LogP contribution in [0.1, 0.15) is 11.1 Å². The summed E-state index contributed by atoms with van der Waals surface area (Å²) in [6.07, 6.45) is 3.27. The molecule has 1 N–H and O–H groups in total. The van der Waals surface area contributed by atoms with E-state index in [0.29, 0.717) is 13.2 Å². The highest BCUT2D eigenvalue weighted by molar-refractivity contribution is 14.1. The molecule has 0 fully saturated rings. The van der Waals surface area contributed by atoms with E-state index in [9.17, 15) is 10.1 Å². The van der Waals surface area contributed by atoms with Crippen molar-refractivity contribution < 1.29 is 9.53 Å². The minimum Gasteiger partial charge on any atom is -0.487 e. The van der Waals surface area contributed by atoms with E-state index < -0.39 is 5.91 Å². The molecular formula is C20H16I2N2O2. The minimum atomic E-state index is -0.395. The molecule has 2 aromatic carbocycles. The fraction of sp³-hybridized carbons (Fsp3) is 0.100. The Morgan fingerprint density at radius 1 is 1.23 bits per heavy atom. The maximum absolute atomic E-state index is 12.3. The number of rotatable bonds is 7. The van der Waals surface area contributed by atoms with Gasteiger partial charge >= 0.3 is 0 Å². The van der Waals surface area contributed by atoms with Crippen molar-refractivity contribution in [2.75, 3.05) is 6.61 Å². The fourth-order valence-electron chi connectivity index (χ4n) is 2.13. The van der Waals surface area contributed by atoms with Crippen LogP contribution in [0, 0.1) is 18.5 Å². The second-order valence-electron chi connectivity index (χ2n) is 5.25. The van der Waals surface area contributed by atoms with Crippen molar-refractivity contribution in [3.63, 3.8) is 0 Å². The van der Waals surface area contributed by atoms with Gasteiger partial charge in [-0.25, -0.2) is 0 Å². The maximum atomic E-state index is 12.3. The molecule has 2 rings (SSSR count). The number of carbonyl (C=O) groups is 1. The number of benzene rings is 2. The van der Waals surface area contributed by atoms with Gasteiger partial charge in [-0.3, -0.25) is 4.79 Å². The summed E-state index contributed by atoms with van der Waals surface area (Å²) in [5.41, 5.74) is 1.81. The summed E-state index contributed by atoms with van der Waals surface area (Å²) in [4.78, 5) is 12.3. The van der Waals surface area contributed by atoms with Gasteiger partial charge in [0.1, 0.15) is 24.0 Å². The maximum Gasteiger partial charge on any atom is 0.262 e. The number of nitrogens with one attached hydrogen (secondary N) is 1. The third-order valence-electron chi connectivity index (χ3n) is 3.34. The van der Waals surface area contributed by atoms with E-state index >= 15 is 0 Å². The molecule has 0 heterocycles. The van der Waals surface area contributed by atoms with Gasteiger partial charge in [0.15, 0.2) is 0 Å². The zero-order chi connectivity index (χ0) is 18.9. The summed E-state index contributed by atoms with van der Waals surface area (Å²) in [5.74, 6) is 0.378. The van der Waals surface area contributed by atoms with Crippen LogP contribution in [0.2, 0.25) is 0 Å². The fourth-order valence-corrected chi connectivity index (χ4v) is 4.26. The van der Waals surface area contributed by atoms with Gasteiger partial charge in [0.25, 0.3) is 5.91 Å². The van der Waals surface area contributed by atoms with Crippen molar-refractivity contribution in [1.82, 2.24) is 5.32 Å². The van der Waals surface area contributed by atoms with Crippen molar-refractivity contribution in [2.24, 2.45) is 0 Å². The van der Waals surface area contributed by atoms with Crippen LogP contribution in [-0.2, 0) is 11.3 Å². The predicted molar refractivity (Wildman–Crippen MR) is 119 cm³/mol. The Balaban J connectivity index is 2.16. The van der Waals surface area contributed by atoms with E-state index in [4.69, 9.17) is 4.74 Å². The minimum absolute atomic E-state index is 0.0623. The molecule has 0 spiro atoms. The van der Waals surface area contributed by atoms with Gasteiger partial charge in [-0.1, -0.05) is 43.0 Å². The first-order valence-electron chi connectivity index (χ1n) is 7.71. The lowest BCUT2D eigenvalue weighted by Gasteiger charge is -2.10. The molecule has 0 atom stereocenters. The summed E-state index contributed by atoms with van der Waals surface area (Å²) in [5, 5.41) is 12.1. The zero-order valence-corrected chi connectivity index (χ0v) is 18.2. The molecule has 2 aromatic rings. The second kappa shape index (κ2) is 10.3. The average molecular weight is 570 g/mol. The van der Waals surface area contributed by atoms with Crippen LogP contribution < -0.4 is 10.1 Å². The molecule has 0 bridgehead atoms. The number of hydrogen-bond donors (Lipinski definition) is 1.